The first-order chi connectivity index (χ1) is 9.10. The number of rotatable bonds is 4. The van der Waals surface area contributed by atoms with Gasteiger partial charge in [-0.25, -0.2) is 9.78 Å². The number of carbonyl (C=O) groups is 1. The molecule has 0 spiro atoms. The molecular formula is C12H10N2O4S. The lowest BCUT2D eigenvalue weighted by Gasteiger charge is -2.03. The van der Waals surface area contributed by atoms with Crippen molar-refractivity contribution in [3.8, 4) is 0 Å². The number of nitro groups is 1. The van der Waals surface area contributed by atoms with E-state index < -0.39 is 10.9 Å². The summed E-state index contributed by atoms with van der Waals surface area (Å²) in [6.07, 6.45) is 2.11. The first-order valence-corrected chi connectivity index (χ1v) is 6.23. The number of carbonyl (C=O) groups excluding carboxylic acids is 1. The van der Waals surface area contributed by atoms with E-state index in [1.807, 2.05) is 5.38 Å². The van der Waals surface area contributed by atoms with E-state index >= 15 is 0 Å². The number of aromatic nitrogens is 1. The summed E-state index contributed by atoms with van der Waals surface area (Å²) in [5.74, 6) is -0.593. The zero-order chi connectivity index (χ0) is 13.8. The average molecular weight is 278 g/mol. The Morgan fingerprint density at radius 1 is 1.47 bits per heavy atom. The van der Waals surface area contributed by atoms with E-state index in [9.17, 15) is 14.9 Å². The summed E-state index contributed by atoms with van der Waals surface area (Å²) >= 11 is 1.45. The van der Waals surface area contributed by atoms with Crippen molar-refractivity contribution in [3.63, 3.8) is 0 Å². The highest BCUT2D eigenvalue weighted by Crippen LogP contribution is 2.21. The van der Waals surface area contributed by atoms with Gasteiger partial charge in [-0.05, 0) is 11.6 Å². The van der Waals surface area contributed by atoms with Crippen LogP contribution in [0.5, 0.6) is 0 Å². The lowest BCUT2D eigenvalue weighted by Crippen LogP contribution is -2.04. The first-order valence-electron chi connectivity index (χ1n) is 5.35. The van der Waals surface area contributed by atoms with Gasteiger partial charge in [0, 0.05) is 30.1 Å². The van der Waals surface area contributed by atoms with Gasteiger partial charge in [-0.15, -0.1) is 11.3 Å². The molecule has 0 atom stereocenters. The van der Waals surface area contributed by atoms with Crippen molar-refractivity contribution in [2.75, 3.05) is 7.11 Å². The number of thiazole rings is 1. The van der Waals surface area contributed by atoms with Gasteiger partial charge in [0.15, 0.2) is 0 Å². The third kappa shape index (κ3) is 3.14. The minimum atomic E-state index is -0.593. The molecule has 6 nitrogen and oxygen atoms in total. The molecular weight excluding hydrogens is 268 g/mol. The number of methoxy groups -OCH3 is 1. The molecule has 7 heteroatoms. The Hall–Kier alpha value is -2.28. The Bertz CT molecular complexity index is 610. The molecule has 0 radical (unpaired) electrons. The van der Waals surface area contributed by atoms with Crippen LogP contribution < -0.4 is 0 Å². The van der Waals surface area contributed by atoms with Crippen molar-refractivity contribution >= 4 is 23.0 Å². The van der Waals surface area contributed by atoms with Crippen LogP contribution in [0.15, 0.2) is 29.8 Å². The van der Waals surface area contributed by atoms with Crippen LogP contribution in [0.1, 0.15) is 20.9 Å². The van der Waals surface area contributed by atoms with Crippen molar-refractivity contribution < 1.29 is 14.5 Å². The molecule has 2 rings (SSSR count). The Morgan fingerprint density at radius 2 is 2.26 bits per heavy atom. The summed E-state index contributed by atoms with van der Waals surface area (Å²) < 4.78 is 4.59. The fourth-order valence-electron chi connectivity index (χ4n) is 1.63. The van der Waals surface area contributed by atoms with Crippen LogP contribution in [0.4, 0.5) is 5.69 Å². The summed E-state index contributed by atoms with van der Waals surface area (Å²) in [4.78, 5) is 25.9. The number of ether oxygens (including phenoxy) is 1. The topological polar surface area (TPSA) is 82.3 Å². The molecule has 0 unspecified atom stereocenters. The number of hydrogen-bond acceptors (Lipinski definition) is 6. The normalized spacial score (nSPS) is 10.2. The van der Waals surface area contributed by atoms with Gasteiger partial charge in [0.2, 0.25) is 0 Å². The number of esters is 1. The summed E-state index contributed by atoms with van der Waals surface area (Å²) in [6, 6.07) is 4.23. The fraction of sp³-hybridized carbons (Fsp3) is 0.167. The van der Waals surface area contributed by atoms with Crippen LogP contribution in [0.2, 0.25) is 0 Å². The predicted octanol–water partition coefficient (Wildman–Crippen LogP) is 2.43. The number of benzene rings is 1. The molecule has 0 aliphatic rings. The second-order valence-electron chi connectivity index (χ2n) is 3.74. The molecule has 0 aliphatic heterocycles. The van der Waals surface area contributed by atoms with Crippen molar-refractivity contribution in [2.45, 2.75) is 6.42 Å². The Balaban J connectivity index is 2.39. The zero-order valence-corrected chi connectivity index (χ0v) is 10.8. The van der Waals surface area contributed by atoms with E-state index in [2.05, 4.69) is 9.72 Å². The van der Waals surface area contributed by atoms with Crippen molar-refractivity contribution in [2.24, 2.45) is 0 Å². The maximum Gasteiger partial charge on any atom is 0.338 e. The molecule has 0 N–H and O–H groups in total. The maximum atomic E-state index is 11.5. The van der Waals surface area contributed by atoms with Gasteiger partial charge in [-0.2, -0.15) is 0 Å². The molecule has 1 aromatic heterocycles. The second-order valence-corrected chi connectivity index (χ2v) is 4.72. The Labute approximate surface area is 112 Å². The minimum absolute atomic E-state index is 0.130. The van der Waals surface area contributed by atoms with Gasteiger partial charge >= 0.3 is 5.97 Å². The molecule has 2 aromatic rings. The summed E-state index contributed by atoms with van der Waals surface area (Å²) in [5.41, 5.74) is 0.697. The van der Waals surface area contributed by atoms with E-state index in [0.717, 1.165) is 5.01 Å². The molecule has 0 aliphatic carbocycles. The standard InChI is InChI=1S/C12H10N2O4S/c1-18-12(15)9-4-8(5-10(7-9)14(16)17)6-11-13-2-3-19-11/h2-5,7H,6H2,1H3. The highest BCUT2D eigenvalue weighted by Gasteiger charge is 2.15. The predicted molar refractivity (Wildman–Crippen MR) is 69.4 cm³/mol. The van der Waals surface area contributed by atoms with Crippen LogP contribution in [0.25, 0.3) is 0 Å². The zero-order valence-electron chi connectivity index (χ0n) is 10.0. The largest absolute Gasteiger partial charge is 0.465 e. The third-order valence-corrected chi connectivity index (χ3v) is 3.23. The highest BCUT2D eigenvalue weighted by atomic mass is 32.1. The Morgan fingerprint density at radius 3 is 2.84 bits per heavy atom. The lowest BCUT2D eigenvalue weighted by molar-refractivity contribution is -0.384. The van der Waals surface area contributed by atoms with Gasteiger partial charge in [0.1, 0.15) is 0 Å². The maximum absolute atomic E-state index is 11.5. The average Bonchev–Trinajstić information content (AvgIpc) is 2.90. The van der Waals surface area contributed by atoms with Crippen molar-refractivity contribution in [1.82, 2.24) is 4.98 Å². The molecule has 0 saturated heterocycles. The summed E-state index contributed by atoms with van der Waals surface area (Å²) in [5, 5.41) is 13.5. The molecule has 19 heavy (non-hydrogen) atoms. The van der Waals surface area contributed by atoms with E-state index in [1.54, 1.807) is 12.3 Å². The Kier molecular flexibility index (Phi) is 3.86. The van der Waals surface area contributed by atoms with E-state index in [1.165, 1.54) is 30.6 Å². The van der Waals surface area contributed by atoms with Crippen LogP contribution in [0.3, 0.4) is 0 Å². The molecule has 0 amide bonds. The molecule has 98 valence electrons. The minimum Gasteiger partial charge on any atom is -0.465 e. The van der Waals surface area contributed by atoms with Gasteiger partial charge in [-0.3, -0.25) is 10.1 Å². The number of hydrogen-bond donors (Lipinski definition) is 0. The summed E-state index contributed by atoms with van der Waals surface area (Å²) in [7, 11) is 1.24. The quantitative estimate of drug-likeness (QED) is 0.487. The SMILES string of the molecule is COC(=O)c1cc(Cc2nccs2)cc([N+](=O)[O-])c1. The molecule has 1 heterocycles. The van der Waals surface area contributed by atoms with Crippen molar-refractivity contribution in [3.05, 3.63) is 56.0 Å². The number of nitrogens with zero attached hydrogens (tertiary/aromatic N) is 2. The molecule has 0 fully saturated rings. The smallest absolute Gasteiger partial charge is 0.338 e. The molecule has 1 aromatic carbocycles. The third-order valence-electron chi connectivity index (χ3n) is 2.45. The van der Waals surface area contributed by atoms with Crippen LogP contribution >= 0.6 is 11.3 Å². The fourth-order valence-corrected chi connectivity index (χ4v) is 2.28. The second kappa shape index (κ2) is 5.57. The van der Waals surface area contributed by atoms with Crippen LogP contribution in [-0.4, -0.2) is 23.0 Å². The van der Waals surface area contributed by atoms with Gasteiger partial charge in [0.25, 0.3) is 5.69 Å². The van der Waals surface area contributed by atoms with E-state index in [4.69, 9.17) is 0 Å². The number of nitro benzene ring substituents is 1. The van der Waals surface area contributed by atoms with Gasteiger partial charge in [0.05, 0.1) is 22.6 Å². The molecule has 0 saturated carbocycles. The van der Waals surface area contributed by atoms with Crippen LogP contribution in [0, 0.1) is 10.1 Å². The van der Waals surface area contributed by atoms with Gasteiger partial charge < -0.3 is 4.74 Å². The van der Waals surface area contributed by atoms with Gasteiger partial charge in [-0.1, -0.05) is 0 Å². The van der Waals surface area contributed by atoms with E-state index in [-0.39, 0.29) is 11.3 Å². The van der Waals surface area contributed by atoms with Crippen LogP contribution in [-0.2, 0) is 11.2 Å². The van der Waals surface area contributed by atoms with E-state index in [0.29, 0.717) is 12.0 Å². The monoisotopic (exact) mass is 278 g/mol. The summed E-state index contributed by atoms with van der Waals surface area (Å²) in [6.45, 7) is 0. The first kappa shape index (κ1) is 13.2. The number of non-ortho nitro benzene ring substituents is 1. The van der Waals surface area contributed by atoms with Crippen molar-refractivity contribution in [1.29, 1.82) is 0 Å². The highest BCUT2D eigenvalue weighted by molar-refractivity contribution is 7.09. The molecule has 0 bridgehead atoms. The lowest BCUT2D eigenvalue weighted by atomic mass is 10.1.